The average molecular weight is 304 g/mol. The number of carbonyl (C=O) groups is 2. The molecule has 112 valence electrons. The molecule has 0 heterocycles. The van der Waals surface area contributed by atoms with Crippen molar-refractivity contribution in [2.45, 2.75) is 5.60 Å². The number of aromatic hydroxyl groups is 1. The first-order chi connectivity index (χ1) is 11.0. The number of Topliss-reactive ketones (excluding diaryl/α,β-unsaturated/α-hetero) is 2. The van der Waals surface area contributed by atoms with Crippen LogP contribution in [-0.2, 0) is 5.60 Å². The highest BCUT2D eigenvalue weighted by Crippen LogP contribution is 2.44. The van der Waals surface area contributed by atoms with Gasteiger partial charge in [0.1, 0.15) is 5.75 Å². The topological polar surface area (TPSA) is 74.6 Å². The Bertz CT molecular complexity index is 953. The van der Waals surface area contributed by atoms with Gasteiger partial charge in [-0.15, -0.1) is 0 Å². The highest BCUT2D eigenvalue weighted by atomic mass is 16.3. The van der Waals surface area contributed by atoms with E-state index in [-0.39, 0.29) is 22.4 Å². The second kappa shape index (κ2) is 4.51. The fourth-order valence-electron chi connectivity index (χ4n) is 3.24. The van der Waals surface area contributed by atoms with Crippen LogP contribution in [0.3, 0.4) is 0 Å². The van der Waals surface area contributed by atoms with Crippen LogP contribution in [0.2, 0.25) is 0 Å². The zero-order valence-electron chi connectivity index (χ0n) is 12.0. The normalized spacial score (nSPS) is 15.9. The van der Waals surface area contributed by atoms with Crippen molar-refractivity contribution in [2.24, 2.45) is 0 Å². The molecule has 0 aliphatic heterocycles. The largest absolute Gasteiger partial charge is 0.508 e. The summed E-state index contributed by atoms with van der Waals surface area (Å²) < 4.78 is 0. The fraction of sp³-hybridized carbons (Fsp3) is 0.0526. The summed E-state index contributed by atoms with van der Waals surface area (Å²) in [5, 5.41) is 22.5. The molecule has 2 N–H and O–H groups in total. The molecule has 0 aromatic heterocycles. The van der Waals surface area contributed by atoms with Crippen LogP contribution in [0.25, 0.3) is 10.8 Å². The van der Waals surface area contributed by atoms with Crippen molar-refractivity contribution < 1.29 is 19.8 Å². The predicted molar refractivity (Wildman–Crippen MR) is 84.6 cm³/mol. The van der Waals surface area contributed by atoms with Gasteiger partial charge >= 0.3 is 0 Å². The highest BCUT2D eigenvalue weighted by molar-refractivity contribution is 6.33. The number of phenols is 1. The van der Waals surface area contributed by atoms with E-state index in [0.29, 0.717) is 5.39 Å². The second-order valence-electron chi connectivity index (χ2n) is 5.60. The van der Waals surface area contributed by atoms with E-state index < -0.39 is 17.2 Å². The van der Waals surface area contributed by atoms with Gasteiger partial charge in [0.05, 0.1) is 0 Å². The van der Waals surface area contributed by atoms with Gasteiger partial charge in [0.2, 0.25) is 17.2 Å². The van der Waals surface area contributed by atoms with Crippen molar-refractivity contribution in [1.82, 2.24) is 0 Å². The van der Waals surface area contributed by atoms with Gasteiger partial charge in [-0.05, 0) is 16.8 Å². The Hall–Kier alpha value is -2.98. The van der Waals surface area contributed by atoms with Gasteiger partial charge in [0.25, 0.3) is 0 Å². The number of carbonyl (C=O) groups excluding carboxylic acids is 2. The molecule has 0 amide bonds. The third-order valence-corrected chi connectivity index (χ3v) is 4.34. The molecule has 23 heavy (non-hydrogen) atoms. The van der Waals surface area contributed by atoms with Crippen molar-refractivity contribution in [2.75, 3.05) is 0 Å². The minimum absolute atomic E-state index is 0.0539. The van der Waals surface area contributed by atoms with E-state index >= 15 is 0 Å². The molecular formula is C19H12O4. The van der Waals surface area contributed by atoms with Gasteiger partial charge < -0.3 is 10.2 Å². The molecule has 0 spiro atoms. The van der Waals surface area contributed by atoms with Crippen LogP contribution in [0.4, 0.5) is 0 Å². The summed E-state index contributed by atoms with van der Waals surface area (Å²) in [4.78, 5) is 25.5. The van der Waals surface area contributed by atoms with Crippen molar-refractivity contribution in [3.05, 3.63) is 77.4 Å². The van der Waals surface area contributed by atoms with Gasteiger partial charge in [-0.3, -0.25) is 9.59 Å². The van der Waals surface area contributed by atoms with E-state index in [0.717, 1.165) is 5.39 Å². The first kappa shape index (κ1) is 13.7. The molecule has 0 atom stereocenters. The lowest BCUT2D eigenvalue weighted by molar-refractivity contribution is 0.0318. The summed E-state index contributed by atoms with van der Waals surface area (Å²) in [6.45, 7) is 0. The third-order valence-electron chi connectivity index (χ3n) is 4.34. The Balaban J connectivity index is 2.08. The number of benzene rings is 3. The Labute approximate surface area is 131 Å². The molecule has 0 radical (unpaired) electrons. The van der Waals surface area contributed by atoms with E-state index in [1.807, 2.05) is 0 Å². The first-order valence-electron chi connectivity index (χ1n) is 7.17. The zero-order chi connectivity index (χ0) is 16.2. The maximum Gasteiger partial charge on any atom is 0.220 e. The Kier molecular flexibility index (Phi) is 2.68. The lowest BCUT2D eigenvalue weighted by atomic mass is 9.84. The van der Waals surface area contributed by atoms with Crippen molar-refractivity contribution in [3.63, 3.8) is 0 Å². The molecule has 1 aliphatic rings. The van der Waals surface area contributed by atoms with Gasteiger partial charge in [0, 0.05) is 16.7 Å². The van der Waals surface area contributed by atoms with E-state index in [4.69, 9.17) is 0 Å². The number of rotatable bonds is 1. The Morgan fingerprint density at radius 1 is 0.739 bits per heavy atom. The van der Waals surface area contributed by atoms with Crippen LogP contribution in [0.1, 0.15) is 26.3 Å². The summed E-state index contributed by atoms with van der Waals surface area (Å²) in [7, 11) is 0. The maximum atomic E-state index is 12.7. The van der Waals surface area contributed by atoms with Crippen LogP contribution in [0, 0.1) is 0 Å². The Morgan fingerprint density at radius 3 is 1.96 bits per heavy atom. The molecule has 0 saturated carbocycles. The molecule has 3 aromatic carbocycles. The van der Waals surface area contributed by atoms with Crippen molar-refractivity contribution in [1.29, 1.82) is 0 Å². The summed E-state index contributed by atoms with van der Waals surface area (Å²) in [5.41, 5.74) is -2.10. The highest BCUT2D eigenvalue weighted by Gasteiger charge is 2.54. The number of hydrogen-bond acceptors (Lipinski definition) is 4. The van der Waals surface area contributed by atoms with Crippen LogP contribution in [0.15, 0.2) is 60.7 Å². The minimum atomic E-state index is -2.39. The quantitative estimate of drug-likeness (QED) is 0.678. The number of aliphatic hydroxyl groups is 1. The summed E-state index contributed by atoms with van der Waals surface area (Å²) in [6.07, 6.45) is 0. The van der Waals surface area contributed by atoms with Gasteiger partial charge in [-0.25, -0.2) is 0 Å². The number of hydrogen-bond donors (Lipinski definition) is 2. The average Bonchev–Trinajstić information content (AvgIpc) is 2.77. The van der Waals surface area contributed by atoms with E-state index in [9.17, 15) is 19.8 Å². The summed E-state index contributed by atoms with van der Waals surface area (Å²) in [5.74, 6) is -1.68. The lowest BCUT2D eigenvalue weighted by Gasteiger charge is -2.22. The molecule has 0 saturated heterocycles. The Morgan fingerprint density at radius 2 is 1.30 bits per heavy atom. The smallest absolute Gasteiger partial charge is 0.220 e. The predicted octanol–water partition coefficient (Wildman–Crippen LogP) is 2.81. The molecule has 0 bridgehead atoms. The second-order valence-corrected chi connectivity index (χ2v) is 5.60. The van der Waals surface area contributed by atoms with Crippen LogP contribution in [0.5, 0.6) is 5.75 Å². The molecule has 1 aliphatic carbocycles. The molecule has 4 heteroatoms. The third kappa shape index (κ3) is 1.64. The molecular weight excluding hydrogens is 292 g/mol. The summed E-state index contributed by atoms with van der Waals surface area (Å²) >= 11 is 0. The van der Waals surface area contributed by atoms with Crippen molar-refractivity contribution in [3.8, 4) is 5.75 Å². The first-order valence-corrected chi connectivity index (χ1v) is 7.17. The van der Waals surface area contributed by atoms with Gasteiger partial charge in [-0.1, -0.05) is 54.6 Å². The number of fused-ring (bicyclic) bond motifs is 2. The summed E-state index contributed by atoms with van der Waals surface area (Å²) in [6, 6.07) is 16.4. The molecule has 0 unspecified atom stereocenters. The van der Waals surface area contributed by atoms with E-state index in [1.54, 1.807) is 42.5 Å². The standard InChI is InChI=1S/C19H12O4/c20-15-10-9-11-5-1-2-6-12(11)16(15)19(23)17(21)13-7-3-4-8-14(13)18(19)22/h1-10,20,23H. The van der Waals surface area contributed by atoms with E-state index in [2.05, 4.69) is 0 Å². The molecule has 4 rings (SSSR count). The van der Waals surface area contributed by atoms with Crippen LogP contribution < -0.4 is 0 Å². The molecule has 0 fully saturated rings. The monoisotopic (exact) mass is 304 g/mol. The fourth-order valence-corrected chi connectivity index (χ4v) is 3.24. The number of ketones is 2. The zero-order valence-corrected chi connectivity index (χ0v) is 12.0. The molecule has 4 nitrogen and oxygen atoms in total. The van der Waals surface area contributed by atoms with Gasteiger partial charge in [0.15, 0.2) is 0 Å². The number of phenolic OH excluding ortho intramolecular Hbond substituents is 1. The SMILES string of the molecule is O=C1c2ccccc2C(=O)C1(O)c1c(O)ccc2ccccc12. The van der Waals surface area contributed by atoms with Gasteiger partial charge in [-0.2, -0.15) is 0 Å². The van der Waals surface area contributed by atoms with E-state index in [1.165, 1.54) is 18.2 Å². The minimum Gasteiger partial charge on any atom is -0.508 e. The molecule has 3 aromatic rings. The lowest BCUT2D eigenvalue weighted by Crippen LogP contribution is -2.38. The van der Waals surface area contributed by atoms with Crippen molar-refractivity contribution >= 4 is 22.3 Å². The maximum absolute atomic E-state index is 12.7. The van der Waals surface area contributed by atoms with Crippen LogP contribution >= 0.6 is 0 Å². The van der Waals surface area contributed by atoms with Crippen LogP contribution in [-0.4, -0.2) is 21.8 Å².